The Kier molecular flexibility index (Phi) is 6.19. The quantitative estimate of drug-likeness (QED) is 0.677. The average Bonchev–Trinajstić information content (AvgIpc) is 2.55. The second-order valence-corrected chi connectivity index (χ2v) is 5.07. The standard InChI is InChI=1S/C22H22/c1-3-5-7-9-13-19-17-21-15-11-12-16-22(21)18-20(19)14-10-8-6-4-2/h3-4,7-18H,1-2,5-6H2/b9-7+,10-8+,19-13-,20-14-. The zero-order chi connectivity index (χ0) is 15.6. The minimum Gasteiger partial charge on any atom is -0.103 e. The monoisotopic (exact) mass is 286 g/mol. The summed E-state index contributed by atoms with van der Waals surface area (Å²) in [7, 11) is 0. The molecule has 0 aliphatic rings. The molecule has 0 amide bonds. The van der Waals surface area contributed by atoms with Gasteiger partial charge < -0.3 is 0 Å². The molecule has 0 nitrogen and oxygen atoms in total. The van der Waals surface area contributed by atoms with Crippen LogP contribution in [0.2, 0.25) is 0 Å². The molecule has 2 rings (SSSR count). The Morgan fingerprint density at radius 1 is 0.727 bits per heavy atom. The maximum Gasteiger partial charge on any atom is -0.0169 e. The van der Waals surface area contributed by atoms with Gasteiger partial charge in [0.2, 0.25) is 0 Å². The third kappa shape index (κ3) is 4.46. The van der Waals surface area contributed by atoms with Crippen LogP contribution in [0.25, 0.3) is 22.9 Å². The molecule has 0 fully saturated rings. The summed E-state index contributed by atoms with van der Waals surface area (Å²) in [5.74, 6) is 0. The van der Waals surface area contributed by atoms with Gasteiger partial charge >= 0.3 is 0 Å². The Hall–Kier alpha value is -2.60. The molecule has 0 radical (unpaired) electrons. The molecule has 0 saturated heterocycles. The molecule has 2 aromatic rings. The van der Waals surface area contributed by atoms with Crippen molar-refractivity contribution in [3.63, 3.8) is 0 Å². The summed E-state index contributed by atoms with van der Waals surface area (Å²) >= 11 is 0. The first-order valence-electron chi connectivity index (χ1n) is 7.59. The fourth-order valence-corrected chi connectivity index (χ4v) is 2.26. The molecule has 0 aliphatic heterocycles. The van der Waals surface area contributed by atoms with E-state index >= 15 is 0 Å². The van der Waals surface area contributed by atoms with Gasteiger partial charge in [-0.2, -0.15) is 0 Å². The summed E-state index contributed by atoms with van der Waals surface area (Å²) in [5.41, 5.74) is 0. The predicted molar refractivity (Wildman–Crippen MR) is 100 cm³/mol. The third-order valence-electron chi connectivity index (χ3n) is 3.38. The van der Waals surface area contributed by atoms with Gasteiger partial charge in [0.1, 0.15) is 0 Å². The smallest absolute Gasteiger partial charge is 0.0169 e. The van der Waals surface area contributed by atoms with Crippen molar-refractivity contribution in [3.05, 3.63) is 96.4 Å². The number of hydrogen-bond donors (Lipinski definition) is 0. The van der Waals surface area contributed by atoms with Crippen molar-refractivity contribution in [2.24, 2.45) is 0 Å². The zero-order valence-corrected chi connectivity index (χ0v) is 12.9. The van der Waals surface area contributed by atoms with Gasteiger partial charge in [0.15, 0.2) is 0 Å². The number of fused-ring (bicyclic) bond motifs is 1. The van der Waals surface area contributed by atoms with E-state index in [1.54, 1.807) is 0 Å². The molecule has 0 spiro atoms. The van der Waals surface area contributed by atoms with E-state index in [1.165, 1.54) is 21.2 Å². The lowest BCUT2D eigenvalue weighted by molar-refractivity contribution is 1.41. The van der Waals surface area contributed by atoms with Crippen LogP contribution in [0.4, 0.5) is 0 Å². The van der Waals surface area contributed by atoms with E-state index in [2.05, 4.69) is 86.0 Å². The molecule has 0 heterocycles. The summed E-state index contributed by atoms with van der Waals surface area (Å²) in [5, 5.41) is 4.97. The van der Waals surface area contributed by atoms with E-state index in [0.717, 1.165) is 12.8 Å². The van der Waals surface area contributed by atoms with Crippen LogP contribution < -0.4 is 10.4 Å². The fourth-order valence-electron chi connectivity index (χ4n) is 2.26. The predicted octanol–water partition coefficient (Wildman–Crippen LogP) is 4.67. The van der Waals surface area contributed by atoms with Gasteiger partial charge in [-0.15, -0.1) is 13.2 Å². The zero-order valence-electron chi connectivity index (χ0n) is 12.9. The Balaban J connectivity index is 2.54. The highest BCUT2D eigenvalue weighted by atomic mass is 14.0. The van der Waals surface area contributed by atoms with Gasteiger partial charge in [0.05, 0.1) is 0 Å². The van der Waals surface area contributed by atoms with E-state index in [-0.39, 0.29) is 0 Å². The molecule has 0 aliphatic carbocycles. The maximum absolute atomic E-state index is 3.73. The molecular weight excluding hydrogens is 264 g/mol. The van der Waals surface area contributed by atoms with Gasteiger partial charge in [0, 0.05) is 0 Å². The Bertz CT molecular complexity index is 746. The summed E-state index contributed by atoms with van der Waals surface area (Å²) in [4.78, 5) is 0. The lowest BCUT2D eigenvalue weighted by Gasteiger charge is -1.98. The van der Waals surface area contributed by atoms with Crippen molar-refractivity contribution in [3.8, 4) is 0 Å². The Morgan fingerprint density at radius 2 is 1.18 bits per heavy atom. The Labute approximate surface area is 132 Å². The molecule has 0 saturated carbocycles. The second kappa shape index (κ2) is 8.63. The second-order valence-electron chi connectivity index (χ2n) is 5.07. The number of benzene rings is 2. The van der Waals surface area contributed by atoms with E-state index in [4.69, 9.17) is 0 Å². The Morgan fingerprint density at radius 3 is 1.59 bits per heavy atom. The minimum atomic E-state index is 0.891. The van der Waals surface area contributed by atoms with Crippen LogP contribution in [0.15, 0.2) is 86.0 Å². The van der Waals surface area contributed by atoms with E-state index in [1.807, 2.05) is 12.2 Å². The molecule has 0 atom stereocenters. The molecule has 0 aromatic heterocycles. The molecule has 2 aromatic carbocycles. The highest BCUT2D eigenvalue weighted by molar-refractivity contribution is 5.83. The van der Waals surface area contributed by atoms with Crippen LogP contribution in [0, 0.1) is 0 Å². The highest BCUT2D eigenvalue weighted by Crippen LogP contribution is 2.08. The van der Waals surface area contributed by atoms with Crippen molar-refractivity contribution in [1.29, 1.82) is 0 Å². The van der Waals surface area contributed by atoms with Crippen molar-refractivity contribution < 1.29 is 0 Å². The van der Waals surface area contributed by atoms with Crippen molar-refractivity contribution in [2.75, 3.05) is 0 Å². The van der Waals surface area contributed by atoms with Crippen LogP contribution in [-0.2, 0) is 0 Å². The minimum absolute atomic E-state index is 0.891. The van der Waals surface area contributed by atoms with E-state index in [9.17, 15) is 0 Å². The largest absolute Gasteiger partial charge is 0.103 e. The number of rotatable bonds is 6. The topological polar surface area (TPSA) is 0 Å². The lowest BCUT2D eigenvalue weighted by atomic mass is 10.1. The van der Waals surface area contributed by atoms with Crippen LogP contribution in [0.3, 0.4) is 0 Å². The SMILES string of the molecule is C=CC/C=C/C=c1/cc2ccccc2c/c1=C/C=C/CC=C. The van der Waals surface area contributed by atoms with Gasteiger partial charge in [-0.05, 0) is 46.2 Å². The first-order valence-corrected chi connectivity index (χ1v) is 7.59. The van der Waals surface area contributed by atoms with Gasteiger partial charge in [-0.3, -0.25) is 0 Å². The average molecular weight is 286 g/mol. The first-order chi connectivity index (χ1) is 10.8. The molecule has 0 bridgehead atoms. The third-order valence-corrected chi connectivity index (χ3v) is 3.38. The van der Waals surface area contributed by atoms with Crippen molar-refractivity contribution in [1.82, 2.24) is 0 Å². The number of allylic oxidation sites excluding steroid dienone is 6. The normalized spacial score (nSPS) is 13.5. The molecule has 0 heteroatoms. The van der Waals surface area contributed by atoms with Crippen LogP contribution in [-0.4, -0.2) is 0 Å². The molecule has 110 valence electrons. The maximum atomic E-state index is 3.73. The molecular formula is C22H22. The molecule has 22 heavy (non-hydrogen) atoms. The van der Waals surface area contributed by atoms with E-state index in [0.29, 0.717) is 0 Å². The van der Waals surface area contributed by atoms with Gasteiger partial charge in [0.25, 0.3) is 0 Å². The van der Waals surface area contributed by atoms with Crippen LogP contribution in [0.1, 0.15) is 12.8 Å². The first kappa shape index (κ1) is 15.8. The molecule has 0 unspecified atom stereocenters. The summed E-state index contributed by atoms with van der Waals surface area (Å²) in [6, 6.07) is 12.9. The molecule has 0 N–H and O–H groups in total. The summed E-state index contributed by atoms with van der Waals surface area (Å²) in [6.45, 7) is 7.47. The van der Waals surface area contributed by atoms with Crippen molar-refractivity contribution >= 4 is 22.9 Å². The van der Waals surface area contributed by atoms with Gasteiger partial charge in [-0.1, -0.05) is 72.9 Å². The highest BCUT2D eigenvalue weighted by Gasteiger charge is 1.92. The van der Waals surface area contributed by atoms with Crippen LogP contribution >= 0.6 is 0 Å². The summed E-state index contributed by atoms with van der Waals surface area (Å²) < 4.78 is 0. The lowest BCUT2D eigenvalue weighted by Crippen LogP contribution is -2.23. The van der Waals surface area contributed by atoms with Crippen molar-refractivity contribution in [2.45, 2.75) is 12.8 Å². The van der Waals surface area contributed by atoms with E-state index < -0.39 is 0 Å². The number of hydrogen-bond acceptors (Lipinski definition) is 0. The van der Waals surface area contributed by atoms with Crippen LogP contribution in [0.5, 0.6) is 0 Å². The van der Waals surface area contributed by atoms with Gasteiger partial charge in [-0.25, -0.2) is 0 Å². The fraction of sp³-hybridized carbons (Fsp3) is 0.0909. The summed E-state index contributed by atoms with van der Waals surface area (Å²) in [6.07, 6.45) is 18.3.